The molecule has 0 spiro atoms. The molecule has 0 atom stereocenters. The molecule has 2 amide bonds. The van der Waals surface area contributed by atoms with Gasteiger partial charge in [0.25, 0.3) is 5.91 Å². The predicted octanol–water partition coefficient (Wildman–Crippen LogP) is 6.16. The number of benzene rings is 4. The largest absolute Gasteiger partial charge is 0.326 e. The van der Waals surface area contributed by atoms with Gasteiger partial charge >= 0.3 is 0 Å². The van der Waals surface area contributed by atoms with E-state index in [0.717, 1.165) is 22.4 Å². The first-order valence-electron chi connectivity index (χ1n) is 11.0. The van der Waals surface area contributed by atoms with Gasteiger partial charge in [-0.05, 0) is 66.1 Å². The molecule has 5 heteroatoms. The van der Waals surface area contributed by atoms with Gasteiger partial charge in [-0.15, -0.1) is 0 Å². The third-order valence-electron chi connectivity index (χ3n) is 5.41. The van der Waals surface area contributed by atoms with E-state index in [1.807, 2.05) is 85.8 Å². The monoisotopic (exact) mass is 452 g/mol. The smallest absolute Gasteiger partial charge is 0.258 e. The maximum absolute atomic E-state index is 13.8. The Hall–Kier alpha value is -4.25. The van der Waals surface area contributed by atoms with E-state index in [1.165, 1.54) is 18.2 Å². The van der Waals surface area contributed by atoms with Crippen LogP contribution in [0.15, 0.2) is 103 Å². The third kappa shape index (κ3) is 5.95. The molecule has 0 saturated heterocycles. The average Bonchev–Trinajstić information content (AvgIpc) is 2.83. The fourth-order valence-corrected chi connectivity index (χ4v) is 3.73. The Morgan fingerprint density at radius 1 is 0.794 bits per heavy atom. The molecule has 0 aromatic heterocycles. The fourth-order valence-electron chi connectivity index (χ4n) is 3.73. The van der Waals surface area contributed by atoms with E-state index in [9.17, 15) is 14.0 Å². The van der Waals surface area contributed by atoms with Crippen molar-refractivity contribution in [1.82, 2.24) is 0 Å². The van der Waals surface area contributed by atoms with Gasteiger partial charge in [-0.1, -0.05) is 60.7 Å². The summed E-state index contributed by atoms with van der Waals surface area (Å²) in [6.45, 7) is 2.31. The maximum Gasteiger partial charge on any atom is 0.258 e. The van der Waals surface area contributed by atoms with Crippen molar-refractivity contribution in [2.24, 2.45) is 0 Å². The minimum absolute atomic E-state index is 0.115. The third-order valence-corrected chi connectivity index (χ3v) is 5.41. The van der Waals surface area contributed by atoms with Crippen LogP contribution < -0.4 is 10.2 Å². The lowest BCUT2D eigenvalue weighted by molar-refractivity contribution is -0.115. The molecule has 34 heavy (non-hydrogen) atoms. The number of rotatable bonds is 7. The van der Waals surface area contributed by atoms with Gasteiger partial charge < -0.3 is 10.2 Å². The van der Waals surface area contributed by atoms with Crippen molar-refractivity contribution < 1.29 is 14.0 Å². The van der Waals surface area contributed by atoms with Gasteiger partial charge in [0.2, 0.25) is 5.91 Å². The Labute approximate surface area is 198 Å². The number of nitrogens with zero attached hydrogens (tertiary/aromatic N) is 1. The van der Waals surface area contributed by atoms with Gasteiger partial charge in [-0.2, -0.15) is 0 Å². The van der Waals surface area contributed by atoms with E-state index in [1.54, 1.807) is 11.0 Å². The summed E-state index contributed by atoms with van der Waals surface area (Å²) >= 11 is 0. The number of anilines is 2. The van der Waals surface area contributed by atoms with Gasteiger partial charge in [0.15, 0.2) is 0 Å². The average molecular weight is 453 g/mol. The van der Waals surface area contributed by atoms with E-state index in [-0.39, 0.29) is 23.8 Å². The lowest BCUT2D eigenvalue weighted by atomic mass is 10.1. The van der Waals surface area contributed by atoms with Crippen LogP contribution in [-0.2, 0) is 17.8 Å². The van der Waals surface area contributed by atoms with Gasteiger partial charge in [-0.25, -0.2) is 4.39 Å². The number of aryl methyl sites for hydroxylation is 1. The molecule has 170 valence electrons. The zero-order valence-corrected chi connectivity index (χ0v) is 18.9. The van der Waals surface area contributed by atoms with Crippen LogP contribution in [0.25, 0.3) is 0 Å². The highest BCUT2D eigenvalue weighted by atomic mass is 19.1. The van der Waals surface area contributed by atoms with Crippen molar-refractivity contribution in [3.63, 3.8) is 0 Å². The molecule has 4 aromatic carbocycles. The first-order chi connectivity index (χ1) is 16.5. The summed E-state index contributed by atoms with van der Waals surface area (Å²) in [5.74, 6) is -0.871. The summed E-state index contributed by atoms with van der Waals surface area (Å²) in [7, 11) is 0. The van der Waals surface area contributed by atoms with Crippen molar-refractivity contribution in [3.05, 3.63) is 131 Å². The van der Waals surface area contributed by atoms with Crippen molar-refractivity contribution in [3.8, 4) is 0 Å². The first-order valence-corrected chi connectivity index (χ1v) is 11.0. The highest BCUT2D eigenvalue weighted by Crippen LogP contribution is 2.22. The molecule has 0 heterocycles. The SMILES string of the molecule is Cc1cccc(NC(=O)Cc2ccc(N(Cc3ccccc3)C(=O)c3cccc(F)c3)cc2)c1. The Balaban J connectivity index is 1.53. The molecule has 0 fully saturated rings. The lowest BCUT2D eigenvalue weighted by Crippen LogP contribution is -2.30. The number of carbonyl (C=O) groups excluding carboxylic acids is 2. The second-order valence-corrected chi connectivity index (χ2v) is 8.15. The summed E-state index contributed by atoms with van der Waals surface area (Å²) in [5.41, 5.74) is 4.55. The van der Waals surface area contributed by atoms with Crippen LogP contribution in [0.4, 0.5) is 15.8 Å². The molecule has 0 aliphatic rings. The number of amides is 2. The minimum atomic E-state index is -0.458. The topological polar surface area (TPSA) is 49.4 Å². The van der Waals surface area contributed by atoms with Crippen LogP contribution in [0.3, 0.4) is 0 Å². The molecule has 0 radical (unpaired) electrons. The van der Waals surface area contributed by atoms with Crippen molar-refractivity contribution >= 4 is 23.2 Å². The molecule has 0 saturated carbocycles. The molecule has 1 N–H and O–H groups in total. The van der Waals surface area contributed by atoms with Crippen molar-refractivity contribution in [2.75, 3.05) is 10.2 Å². The molecule has 4 aromatic rings. The Morgan fingerprint density at radius 3 is 2.24 bits per heavy atom. The highest BCUT2D eigenvalue weighted by molar-refractivity contribution is 6.06. The Morgan fingerprint density at radius 2 is 1.53 bits per heavy atom. The van der Waals surface area contributed by atoms with Crippen molar-refractivity contribution in [2.45, 2.75) is 19.9 Å². The predicted molar refractivity (Wildman–Crippen MR) is 133 cm³/mol. The van der Waals surface area contributed by atoms with Gasteiger partial charge in [0, 0.05) is 16.9 Å². The molecule has 0 bridgehead atoms. The second-order valence-electron chi connectivity index (χ2n) is 8.15. The van der Waals surface area contributed by atoms with Crippen LogP contribution >= 0.6 is 0 Å². The summed E-state index contributed by atoms with van der Waals surface area (Å²) in [5, 5.41) is 2.91. The number of carbonyl (C=O) groups is 2. The number of halogens is 1. The van der Waals surface area contributed by atoms with Crippen molar-refractivity contribution in [1.29, 1.82) is 0 Å². The molecule has 0 aliphatic carbocycles. The normalized spacial score (nSPS) is 10.5. The van der Waals surface area contributed by atoms with Gasteiger partial charge in [0.05, 0.1) is 13.0 Å². The number of hydrogen-bond donors (Lipinski definition) is 1. The van der Waals surface area contributed by atoms with Crippen LogP contribution in [-0.4, -0.2) is 11.8 Å². The standard InChI is InChI=1S/C29H25FN2O2/c1-21-7-5-12-26(17-21)31-28(33)18-22-13-15-27(16-14-22)32(20-23-8-3-2-4-9-23)29(34)24-10-6-11-25(30)19-24/h2-17,19H,18,20H2,1H3,(H,31,33). The summed E-state index contributed by atoms with van der Waals surface area (Å²) in [6, 6.07) is 30.3. The number of hydrogen-bond acceptors (Lipinski definition) is 2. The molecule has 0 aliphatic heterocycles. The highest BCUT2D eigenvalue weighted by Gasteiger charge is 2.19. The molecule has 4 rings (SSSR count). The van der Waals surface area contributed by atoms with E-state index < -0.39 is 5.82 Å². The summed E-state index contributed by atoms with van der Waals surface area (Å²) < 4.78 is 13.8. The van der Waals surface area contributed by atoms with E-state index in [4.69, 9.17) is 0 Å². The zero-order chi connectivity index (χ0) is 23.9. The van der Waals surface area contributed by atoms with Gasteiger partial charge in [0.1, 0.15) is 5.82 Å². The van der Waals surface area contributed by atoms with E-state index in [2.05, 4.69) is 5.32 Å². The minimum Gasteiger partial charge on any atom is -0.326 e. The maximum atomic E-state index is 13.8. The molecule has 0 unspecified atom stereocenters. The van der Waals surface area contributed by atoms with Crippen LogP contribution in [0, 0.1) is 12.7 Å². The molecule has 4 nitrogen and oxygen atoms in total. The van der Waals surface area contributed by atoms with Crippen LogP contribution in [0.5, 0.6) is 0 Å². The van der Waals surface area contributed by atoms with Crippen LogP contribution in [0.2, 0.25) is 0 Å². The van der Waals surface area contributed by atoms with Crippen LogP contribution in [0.1, 0.15) is 27.0 Å². The summed E-state index contributed by atoms with van der Waals surface area (Å²) in [4.78, 5) is 27.4. The molecular weight excluding hydrogens is 427 g/mol. The quantitative estimate of drug-likeness (QED) is 0.365. The summed E-state index contributed by atoms with van der Waals surface area (Å²) in [6.07, 6.45) is 0.213. The Bertz CT molecular complexity index is 1290. The number of nitrogens with one attached hydrogen (secondary N) is 1. The zero-order valence-electron chi connectivity index (χ0n) is 18.9. The molecular formula is C29H25FN2O2. The first kappa shape index (κ1) is 22.9. The lowest BCUT2D eigenvalue weighted by Gasteiger charge is -2.23. The van der Waals surface area contributed by atoms with E-state index >= 15 is 0 Å². The Kier molecular flexibility index (Phi) is 7.13. The second kappa shape index (κ2) is 10.6. The van der Waals surface area contributed by atoms with Gasteiger partial charge in [-0.3, -0.25) is 9.59 Å². The fraction of sp³-hybridized carbons (Fsp3) is 0.103. The van der Waals surface area contributed by atoms with E-state index in [0.29, 0.717) is 12.2 Å².